The van der Waals surface area contributed by atoms with Gasteiger partial charge >= 0.3 is 11.5 Å². The number of esters is 1. The Morgan fingerprint density at radius 2 is 1.87 bits per heavy atom. The minimum atomic E-state index is -4.41. The average Bonchev–Trinajstić information content (AvgIpc) is 2.44. The van der Waals surface area contributed by atoms with Crippen molar-refractivity contribution in [3.63, 3.8) is 0 Å². The molecule has 1 rings (SSSR count). The maximum atomic E-state index is 12.2. The number of carbonyl (C=O) groups is 2. The molecule has 23 heavy (non-hydrogen) atoms. The van der Waals surface area contributed by atoms with Gasteiger partial charge in [-0.2, -0.15) is 18.4 Å². The highest BCUT2D eigenvalue weighted by Crippen LogP contribution is 2.36. The van der Waals surface area contributed by atoms with Gasteiger partial charge < -0.3 is 10.1 Å². The van der Waals surface area contributed by atoms with Crippen molar-refractivity contribution in [3.8, 4) is 6.07 Å². The maximum Gasteiger partial charge on any atom is 0.446 e. The fourth-order valence-electron chi connectivity index (χ4n) is 1.47. The molecule has 0 saturated heterocycles. The first-order valence-corrected chi connectivity index (χ1v) is 7.09. The van der Waals surface area contributed by atoms with Gasteiger partial charge in [0.15, 0.2) is 5.54 Å². The molecule has 1 atom stereocenters. The third-order valence-corrected chi connectivity index (χ3v) is 3.29. The molecule has 1 N–H and O–H groups in total. The molecular weight excluding hydrogens is 333 g/mol. The Bertz CT molecular complexity index is 626. The highest BCUT2D eigenvalue weighted by molar-refractivity contribution is 8.00. The third kappa shape index (κ3) is 6.61. The number of nitrogens with zero attached hydrogens (tertiary/aromatic N) is 1. The van der Waals surface area contributed by atoms with Crippen molar-refractivity contribution in [1.82, 2.24) is 5.32 Å². The predicted octanol–water partition coefficient (Wildman–Crippen LogP) is 2.87. The summed E-state index contributed by atoms with van der Waals surface area (Å²) in [6, 6.07) is 6.56. The topological polar surface area (TPSA) is 79.2 Å². The molecule has 0 aliphatic carbocycles. The third-order valence-electron chi connectivity index (χ3n) is 2.55. The summed E-state index contributed by atoms with van der Waals surface area (Å²) in [5.74, 6) is -1.26. The van der Waals surface area contributed by atoms with Crippen LogP contribution < -0.4 is 5.32 Å². The molecule has 0 unspecified atom stereocenters. The fourth-order valence-corrected chi connectivity index (χ4v) is 2.01. The Balaban J connectivity index is 2.77. The lowest BCUT2D eigenvalue weighted by Gasteiger charge is -2.22. The molecule has 0 spiro atoms. The molecule has 0 saturated carbocycles. The van der Waals surface area contributed by atoms with Gasteiger partial charge in [0.1, 0.15) is 6.61 Å². The van der Waals surface area contributed by atoms with Crippen molar-refractivity contribution in [2.24, 2.45) is 0 Å². The number of hydrogen-bond donors (Lipinski definition) is 1. The summed E-state index contributed by atoms with van der Waals surface area (Å²) in [5.41, 5.74) is -5.77. The van der Waals surface area contributed by atoms with E-state index in [2.05, 4.69) is 5.32 Å². The van der Waals surface area contributed by atoms with Crippen molar-refractivity contribution < 1.29 is 27.5 Å². The van der Waals surface area contributed by atoms with Gasteiger partial charge in [-0.1, -0.05) is 0 Å². The van der Waals surface area contributed by atoms with Crippen LogP contribution in [0.3, 0.4) is 0 Å². The molecule has 1 aromatic rings. The zero-order valence-electron chi connectivity index (χ0n) is 12.2. The van der Waals surface area contributed by atoms with Crippen LogP contribution in [0.2, 0.25) is 0 Å². The predicted molar refractivity (Wildman–Crippen MR) is 76.5 cm³/mol. The number of hydrogen-bond acceptors (Lipinski definition) is 5. The maximum absolute atomic E-state index is 12.2. The van der Waals surface area contributed by atoms with Crippen LogP contribution in [0, 0.1) is 11.3 Å². The second-order valence-corrected chi connectivity index (χ2v) is 5.89. The molecule has 0 aromatic heterocycles. The van der Waals surface area contributed by atoms with Gasteiger partial charge in [0.05, 0.1) is 6.07 Å². The first-order chi connectivity index (χ1) is 10.5. The lowest BCUT2D eigenvalue weighted by molar-refractivity contribution is -0.142. The first-order valence-electron chi connectivity index (χ1n) is 6.27. The number of alkyl halides is 3. The summed E-state index contributed by atoms with van der Waals surface area (Å²) in [6.07, 6.45) is 0. The van der Waals surface area contributed by atoms with Gasteiger partial charge in [-0.3, -0.25) is 9.59 Å². The van der Waals surface area contributed by atoms with Gasteiger partial charge in [0.2, 0.25) is 0 Å². The largest absolute Gasteiger partial charge is 0.462 e. The lowest BCUT2D eigenvalue weighted by Crippen LogP contribution is -2.48. The molecule has 1 amide bonds. The molecule has 0 aliphatic rings. The molecule has 124 valence electrons. The van der Waals surface area contributed by atoms with Crippen LogP contribution in [0.1, 0.15) is 24.2 Å². The fraction of sp³-hybridized carbons (Fsp3) is 0.357. The van der Waals surface area contributed by atoms with E-state index in [1.165, 1.54) is 19.1 Å². The molecule has 9 heteroatoms. The number of carbonyl (C=O) groups excluding carboxylic acids is 2. The summed E-state index contributed by atoms with van der Waals surface area (Å²) in [4.78, 5) is 22.7. The minimum Gasteiger partial charge on any atom is -0.462 e. The molecule has 0 aliphatic heterocycles. The molecule has 0 heterocycles. The van der Waals surface area contributed by atoms with Crippen LogP contribution in [0.4, 0.5) is 13.2 Å². The van der Waals surface area contributed by atoms with E-state index in [-0.39, 0.29) is 28.8 Å². The average molecular weight is 346 g/mol. The number of ether oxygens (including phenoxy) is 1. The van der Waals surface area contributed by atoms with Crippen LogP contribution >= 0.6 is 11.8 Å². The number of benzene rings is 1. The van der Waals surface area contributed by atoms with Crippen molar-refractivity contribution >= 4 is 23.6 Å². The van der Waals surface area contributed by atoms with Crippen molar-refractivity contribution in [2.75, 3.05) is 6.61 Å². The molecule has 5 nitrogen and oxygen atoms in total. The van der Waals surface area contributed by atoms with Crippen molar-refractivity contribution in [1.29, 1.82) is 5.26 Å². The molecule has 0 fully saturated rings. The zero-order chi connectivity index (χ0) is 17.7. The summed E-state index contributed by atoms with van der Waals surface area (Å²) in [6.45, 7) is 2.19. The number of amides is 1. The Hall–Kier alpha value is -2.21. The van der Waals surface area contributed by atoms with E-state index < -0.39 is 22.9 Å². The first kappa shape index (κ1) is 18.8. The SMILES string of the molecule is CC(=O)OC[C@](C)(C#N)NC(=O)c1ccc(SC(F)(F)F)cc1. The van der Waals surface area contributed by atoms with Crippen LogP contribution in [0.25, 0.3) is 0 Å². The van der Waals surface area contributed by atoms with Gasteiger partial charge in [-0.25, -0.2) is 0 Å². The summed E-state index contributed by atoms with van der Waals surface area (Å²) >= 11 is -0.291. The molecule has 0 radical (unpaired) electrons. The van der Waals surface area contributed by atoms with Crippen LogP contribution in [0.15, 0.2) is 29.2 Å². The Morgan fingerprint density at radius 3 is 2.30 bits per heavy atom. The summed E-state index contributed by atoms with van der Waals surface area (Å²) in [7, 11) is 0. The highest BCUT2D eigenvalue weighted by atomic mass is 32.2. The van der Waals surface area contributed by atoms with Gasteiger partial charge in [-0.05, 0) is 43.0 Å². The van der Waals surface area contributed by atoms with Crippen molar-refractivity contribution in [3.05, 3.63) is 29.8 Å². The Kier molecular flexibility index (Phi) is 6.04. The number of nitrogens with one attached hydrogen (secondary N) is 1. The normalized spacial score (nSPS) is 13.6. The molecule has 1 aromatic carbocycles. The van der Waals surface area contributed by atoms with E-state index in [0.29, 0.717) is 0 Å². The second kappa shape index (κ2) is 7.37. The van der Waals surface area contributed by atoms with E-state index in [1.807, 2.05) is 6.07 Å². The van der Waals surface area contributed by atoms with Gasteiger partial charge in [0.25, 0.3) is 5.91 Å². The van der Waals surface area contributed by atoms with E-state index in [0.717, 1.165) is 19.1 Å². The number of nitriles is 1. The number of rotatable bonds is 5. The van der Waals surface area contributed by atoms with E-state index in [4.69, 9.17) is 10.00 Å². The highest BCUT2D eigenvalue weighted by Gasteiger charge is 2.30. The summed E-state index contributed by atoms with van der Waals surface area (Å²) < 4.78 is 41.4. The summed E-state index contributed by atoms with van der Waals surface area (Å²) in [5, 5.41) is 11.5. The van der Waals surface area contributed by atoms with E-state index >= 15 is 0 Å². The zero-order valence-corrected chi connectivity index (χ0v) is 13.0. The van der Waals surface area contributed by atoms with Crippen LogP contribution in [0.5, 0.6) is 0 Å². The minimum absolute atomic E-state index is 0.0583. The Morgan fingerprint density at radius 1 is 1.30 bits per heavy atom. The van der Waals surface area contributed by atoms with E-state index in [9.17, 15) is 22.8 Å². The molecular formula is C14H13F3N2O3S. The lowest BCUT2D eigenvalue weighted by atomic mass is 10.1. The van der Waals surface area contributed by atoms with Crippen LogP contribution in [-0.2, 0) is 9.53 Å². The monoisotopic (exact) mass is 346 g/mol. The Labute approximate surface area is 134 Å². The standard InChI is InChI=1S/C14H13F3N2O3S/c1-9(20)22-8-13(2,7-18)19-12(21)10-3-5-11(6-4-10)23-14(15,16)17/h3-6H,8H2,1-2H3,(H,19,21)/t13-/m0/s1. The molecule has 0 bridgehead atoms. The quantitative estimate of drug-likeness (QED) is 0.655. The van der Waals surface area contributed by atoms with Gasteiger partial charge in [0, 0.05) is 17.4 Å². The smallest absolute Gasteiger partial charge is 0.446 e. The van der Waals surface area contributed by atoms with Gasteiger partial charge in [-0.15, -0.1) is 0 Å². The van der Waals surface area contributed by atoms with Crippen molar-refractivity contribution in [2.45, 2.75) is 29.8 Å². The number of thioether (sulfide) groups is 1. The van der Waals surface area contributed by atoms with E-state index in [1.54, 1.807) is 0 Å². The van der Waals surface area contributed by atoms with Crippen LogP contribution in [-0.4, -0.2) is 29.5 Å². The number of halogens is 3. The second-order valence-electron chi connectivity index (χ2n) is 4.75.